The van der Waals surface area contributed by atoms with Crippen LogP contribution in [0.1, 0.15) is 59.2 Å². The molecule has 2 unspecified atom stereocenters. The number of benzene rings is 2. The number of ether oxygens (including phenoxy) is 1. The van der Waals surface area contributed by atoms with Crippen LogP contribution < -0.4 is 10.6 Å². The highest BCUT2D eigenvalue weighted by Gasteiger charge is 2.30. The second-order valence-electron chi connectivity index (χ2n) is 10.6. The van der Waals surface area contributed by atoms with E-state index in [4.69, 9.17) is 16.3 Å². The normalized spacial score (nSPS) is 15.9. The van der Waals surface area contributed by atoms with Crippen LogP contribution in [-0.2, 0) is 37.2 Å². The molecular formula is C30H34ClF2N3O3. The zero-order valence-corrected chi connectivity index (χ0v) is 23.1. The summed E-state index contributed by atoms with van der Waals surface area (Å²) < 4.78 is 33.6. The fourth-order valence-corrected chi connectivity index (χ4v) is 4.97. The molecule has 3 aromatic rings. The van der Waals surface area contributed by atoms with Gasteiger partial charge in [-0.2, -0.15) is 0 Å². The number of rotatable bonds is 10. The second-order valence-corrected chi connectivity index (χ2v) is 11.0. The number of aliphatic hydroxyl groups is 1. The first-order chi connectivity index (χ1) is 18.5. The minimum absolute atomic E-state index is 0.00807. The second kappa shape index (κ2) is 12.5. The number of pyridine rings is 1. The maximum Gasteiger partial charge on any atom is 0.270 e. The number of halogens is 3. The van der Waals surface area contributed by atoms with Gasteiger partial charge in [0, 0.05) is 31.1 Å². The SMILES string of the molecule is CCc1cccc(CNCC(O)C(Cc2cc(F)cc(F)c2)NC(=O)c2cc(Cl)c3c(n2)CC(C)(C)OC3)c1. The Morgan fingerprint density at radius 2 is 1.85 bits per heavy atom. The third-order valence-corrected chi connectivity index (χ3v) is 7.17. The molecule has 39 heavy (non-hydrogen) atoms. The highest BCUT2D eigenvalue weighted by atomic mass is 35.5. The zero-order valence-electron chi connectivity index (χ0n) is 22.4. The summed E-state index contributed by atoms with van der Waals surface area (Å²) in [4.78, 5) is 17.8. The molecule has 2 atom stereocenters. The van der Waals surface area contributed by atoms with E-state index in [1.54, 1.807) is 0 Å². The van der Waals surface area contributed by atoms with Gasteiger partial charge in [-0.25, -0.2) is 13.8 Å². The van der Waals surface area contributed by atoms with Gasteiger partial charge in [-0.15, -0.1) is 0 Å². The van der Waals surface area contributed by atoms with E-state index in [2.05, 4.69) is 34.7 Å². The number of fused-ring (bicyclic) bond motifs is 1. The summed E-state index contributed by atoms with van der Waals surface area (Å²) in [5.74, 6) is -2.00. The number of carbonyl (C=O) groups is 1. The van der Waals surface area contributed by atoms with Crippen LogP contribution in [0.2, 0.25) is 5.02 Å². The molecule has 1 aliphatic rings. The highest BCUT2D eigenvalue weighted by molar-refractivity contribution is 6.31. The summed E-state index contributed by atoms with van der Waals surface area (Å²) in [7, 11) is 0. The lowest BCUT2D eigenvalue weighted by molar-refractivity contribution is -0.0413. The summed E-state index contributed by atoms with van der Waals surface area (Å²) in [6.45, 7) is 6.92. The Balaban J connectivity index is 1.51. The Labute approximate surface area is 232 Å². The van der Waals surface area contributed by atoms with Gasteiger partial charge in [-0.1, -0.05) is 42.8 Å². The lowest BCUT2D eigenvalue weighted by Crippen LogP contribution is -2.49. The Hall–Kier alpha value is -2.91. The smallest absolute Gasteiger partial charge is 0.270 e. The predicted molar refractivity (Wildman–Crippen MR) is 147 cm³/mol. The molecule has 2 aromatic carbocycles. The molecular weight excluding hydrogens is 524 g/mol. The monoisotopic (exact) mass is 557 g/mol. The van der Waals surface area contributed by atoms with Crippen molar-refractivity contribution < 1.29 is 23.4 Å². The molecule has 1 aliphatic heterocycles. The van der Waals surface area contributed by atoms with Gasteiger partial charge in [0.15, 0.2) is 0 Å². The molecule has 0 saturated carbocycles. The average Bonchev–Trinajstić information content (AvgIpc) is 2.86. The van der Waals surface area contributed by atoms with Gasteiger partial charge in [0.1, 0.15) is 17.3 Å². The molecule has 0 fully saturated rings. The first-order valence-corrected chi connectivity index (χ1v) is 13.5. The molecule has 0 aliphatic carbocycles. The van der Waals surface area contributed by atoms with Crippen molar-refractivity contribution in [2.45, 2.75) is 70.9 Å². The van der Waals surface area contributed by atoms with Crippen molar-refractivity contribution >= 4 is 17.5 Å². The topological polar surface area (TPSA) is 83.5 Å². The summed E-state index contributed by atoms with van der Waals surface area (Å²) in [5, 5.41) is 17.5. The van der Waals surface area contributed by atoms with Gasteiger partial charge in [-0.05, 0) is 61.6 Å². The van der Waals surface area contributed by atoms with E-state index < -0.39 is 35.3 Å². The van der Waals surface area contributed by atoms with Crippen LogP contribution in [0.5, 0.6) is 0 Å². The quantitative estimate of drug-likeness (QED) is 0.330. The Morgan fingerprint density at radius 3 is 2.56 bits per heavy atom. The molecule has 6 nitrogen and oxygen atoms in total. The van der Waals surface area contributed by atoms with Crippen molar-refractivity contribution in [2.75, 3.05) is 6.54 Å². The van der Waals surface area contributed by atoms with Crippen LogP contribution in [0, 0.1) is 11.6 Å². The van der Waals surface area contributed by atoms with Crippen molar-refractivity contribution in [1.29, 1.82) is 0 Å². The van der Waals surface area contributed by atoms with Gasteiger partial charge in [-0.3, -0.25) is 4.79 Å². The van der Waals surface area contributed by atoms with Crippen LogP contribution in [0.25, 0.3) is 0 Å². The summed E-state index contributed by atoms with van der Waals surface area (Å²) in [5.41, 5.74) is 3.67. The van der Waals surface area contributed by atoms with Crippen LogP contribution in [0.4, 0.5) is 8.78 Å². The largest absolute Gasteiger partial charge is 0.390 e. The van der Waals surface area contributed by atoms with Crippen LogP contribution in [0.3, 0.4) is 0 Å². The van der Waals surface area contributed by atoms with Gasteiger partial charge < -0.3 is 20.5 Å². The van der Waals surface area contributed by atoms with Crippen LogP contribution in [-0.4, -0.2) is 40.3 Å². The van der Waals surface area contributed by atoms with Gasteiger partial charge in [0.25, 0.3) is 5.91 Å². The molecule has 0 bridgehead atoms. The number of aromatic nitrogens is 1. The molecule has 4 rings (SSSR count). The van der Waals surface area contributed by atoms with E-state index in [1.807, 2.05) is 26.0 Å². The van der Waals surface area contributed by atoms with E-state index in [1.165, 1.54) is 23.8 Å². The van der Waals surface area contributed by atoms with Crippen molar-refractivity contribution in [2.24, 2.45) is 0 Å². The number of aliphatic hydroxyl groups excluding tert-OH is 1. The van der Waals surface area contributed by atoms with E-state index in [0.717, 1.165) is 23.6 Å². The van der Waals surface area contributed by atoms with Crippen molar-refractivity contribution in [1.82, 2.24) is 15.6 Å². The van der Waals surface area contributed by atoms with Crippen LogP contribution in [0.15, 0.2) is 48.5 Å². The van der Waals surface area contributed by atoms with E-state index in [0.29, 0.717) is 35.9 Å². The minimum Gasteiger partial charge on any atom is -0.390 e. The molecule has 1 aromatic heterocycles. The number of carbonyl (C=O) groups excluding carboxylic acids is 1. The lowest BCUT2D eigenvalue weighted by atomic mass is 9.95. The van der Waals surface area contributed by atoms with Crippen molar-refractivity contribution in [3.63, 3.8) is 0 Å². The Kier molecular flexibility index (Phi) is 9.33. The molecule has 9 heteroatoms. The first kappa shape index (κ1) is 29.1. The summed E-state index contributed by atoms with van der Waals surface area (Å²) in [6.07, 6.45) is 0.352. The Morgan fingerprint density at radius 1 is 1.13 bits per heavy atom. The van der Waals surface area contributed by atoms with E-state index in [-0.39, 0.29) is 18.7 Å². The Bertz CT molecular complexity index is 1310. The maximum atomic E-state index is 13.9. The number of aryl methyl sites for hydroxylation is 1. The summed E-state index contributed by atoms with van der Waals surface area (Å²) >= 11 is 6.45. The number of hydrogen-bond acceptors (Lipinski definition) is 5. The van der Waals surface area contributed by atoms with Crippen LogP contribution >= 0.6 is 11.6 Å². The van der Waals surface area contributed by atoms with E-state index in [9.17, 15) is 18.7 Å². The molecule has 3 N–H and O–H groups in total. The molecule has 1 amide bonds. The lowest BCUT2D eigenvalue weighted by Gasteiger charge is -2.31. The number of amides is 1. The van der Waals surface area contributed by atoms with Gasteiger partial charge in [0.2, 0.25) is 0 Å². The third-order valence-electron chi connectivity index (χ3n) is 6.83. The maximum absolute atomic E-state index is 13.9. The molecule has 0 spiro atoms. The standard InChI is InChI=1S/C30H34ClF2N3O3/c1-4-18-6-5-7-19(8-18)15-34-16-28(37)25(11-20-9-21(32)12-22(33)10-20)36-29(38)26-13-24(31)23-17-39-30(2,3)14-27(23)35-26/h5-10,12-13,25,28,34,37H,4,11,14-17H2,1-3H3,(H,36,38). The van der Waals surface area contributed by atoms with Crippen molar-refractivity contribution in [3.8, 4) is 0 Å². The third kappa shape index (κ3) is 7.82. The number of hydrogen-bond donors (Lipinski definition) is 3. The molecule has 208 valence electrons. The average molecular weight is 558 g/mol. The number of nitrogens with zero attached hydrogens (tertiary/aromatic N) is 1. The zero-order chi connectivity index (χ0) is 28.2. The number of nitrogens with one attached hydrogen (secondary N) is 2. The van der Waals surface area contributed by atoms with Crippen molar-refractivity contribution in [3.05, 3.63) is 98.8 Å². The van der Waals surface area contributed by atoms with Gasteiger partial charge in [0.05, 0.1) is 35.1 Å². The predicted octanol–water partition coefficient (Wildman–Crippen LogP) is 4.92. The first-order valence-electron chi connectivity index (χ1n) is 13.1. The highest BCUT2D eigenvalue weighted by Crippen LogP contribution is 2.31. The fourth-order valence-electron chi connectivity index (χ4n) is 4.70. The summed E-state index contributed by atoms with van der Waals surface area (Å²) in [6, 6.07) is 11.9. The van der Waals surface area contributed by atoms with E-state index >= 15 is 0 Å². The molecule has 0 saturated heterocycles. The molecule has 2 heterocycles. The fraction of sp³-hybridized carbons (Fsp3) is 0.400. The minimum atomic E-state index is -1.06. The van der Waals surface area contributed by atoms with Gasteiger partial charge >= 0.3 is 0 Å². The molecule has 0 radical (unpaired) electrons.